The van der Waals surface area contributed by atoms with Crippen molar-refractivity contribution in [3.63, 3.8) is 0 Å². The van der Waals surface area contributed by atoms with E-state index < -0.39 is 0 Å². The van der Waals surface area contributed by atoms with E-state index in [1.807, 2.05) is 39.0 Å². The van der Waals surface area contributed by atoms with Crippen LogP contribution in [0, 0.1) is 12.8 Å². The Morgan fingerprint density at radius 1 is 1.40 bits per heavy atom. The molecule has 2 atom stereocenters. The molecule has 20 heavy (non-hydrogen) atoms. The van der Waals surface area contributed by atoms with Gasteiger partial charge in [-0.05, 0) is 63.8 Å². The van der Waals surface area contributed by atoms with Crippen LogP contribution in [0.25, 0.3) is 0 Å². The zero-order valence-electron chi connectivity index (χ0n) is 12.5. The van der Waals surface area contributed by atoms with Gasteiger partial charge in [0.25, 0.3) is 0 Å². The molecule has 1 aromatic carbocycles. The van der Waals surface area contributed by atoms with Gasteiger partial charge in [-0.3, -0.25) is 4.79 Å². The number of ether oxygens (including phenoxy) is 1. The second kappa shape index (κ2) is 6.27. The number of aryl methyl sites for hydroxylation is 1. The molecule has 0 spiro atoms. The number of amides is 1. The summed E-state index contributed by atoms with van der Waals surface area (Å²) in [6.45, 7) is 5.98. The first-order valence-electron chi connectivity index (χ1n) is 7.29. The Morgan fingerprint density at radius 3 is 2.70 bits per heavy atom. The second-order valence-electron chi connectivity index (χ2n) is 5.91. The third kappa shape index (κ3) is 3.73. The molecule has 1 fully saturated rings. The normalized spacial score (nSPS) is 22.1. The van der Waals surface area contributed by atoms with Gasteiger partial charge in [0, 0.05) is 17.6 Å². The molecule has 0 heterocycles. The van der Waals surface area contributed by atoms with E-state index in [4.69, 9.17) is 10.5 Å². The van der Waals surface area contributed by atoms with E-state index in [0.29, 0.717) is 0 Å². The van der Waals surface area contributed by atoms with Crippen LogP contribution in [-0.4, -0.2) is 18.1 Å². The van der Waals surface area contributed by atoms with Gasteiger partial charge in [-0.2, -0.15) is 0 Å². The molecule has 0 aliphatic heterocycles. The number of nitrogens with two attached hydrogens (primary N) is 1. The molecule has 110 valence electrons. The Bertz CT molecular complexity index is 485. The quantitative estimate of drug-likeness (QED) is 0.888. The van der Waals surface area contributed by atoms with Gasteiger partial charge in [-0.25, -0.2) is 0 Å². The number of nitrogens with one attached hydrogen (secondary N) is 1. The van der Waals surface area contributed by atoms with E-state index in [1.54, 1.807) is 0 Å². The van der Waals surface area contributed by atoms with Gasteiger partial charge >= 0.3 is 0 Å². The zero-order chi connectivity index (χ0) is 14.7. The van der Waals surface area contributed by atoms with Crippen molar-refractivity contribution in [2.24, 2.45) is 11.7 Å². The summed E-state index contributed by atoms with van der Waals surface area (Å²) in [4.78, 5) is 12.1. The predicted molar refractivity (Wildman–Crippen MR) is 80.9 cm³/mol. The number of carbonyl (C=O) groups is 1. The van der Waals surface area contributed by atoms with Crippen molar-refractivity contribution in [2.45, 2.75) is 52.2 Å². The van der Waals surface area contributed by atoms with E-state index in [1.165, 1.54) is 0 Å². The number of anilines is 1. The third-order valence-corrected chi connectivity index (χ3v) is 3.65. The largest absolute Gasteiger partial charge is 0.491 e. The maximum atomic E-state index is 12.1. The topological polar surface area (TPSA) is 64.4 Å². The maximum Gasteiger partial charge on any atom is 0.227 e. The zero-order valence-corrected chi connectivity index (χ0v) is 12.5. The van der Waals surface area contributed by atoms with Crippen molar-refractivity contribution in [3.8, 4) is 5.75 Å². The highest BCUT2D eigenvalue weighted by Crippen LogP contribution is 2.27. The molecule has 4 heteroatoms. The van der Waals surface area contributed by atoms with Crippen LogP contribution in [0.3, 0.4) is 0 Å². The molecule has 1 aliphatic carbocycles. The van der Waals surface area contributed by atoms with E-state index in [2.05, 4.69) is 5.32 Å². The highest BCUT2D eigenvalue weighted by Gasteiger charge is 2.27. The first kappa shape index (κ1) is 14.9. The summed E-state index contributed by atoms with van der Waals surface area (Å²) in [5.41, 5.74) is 7.70. The van der Waals surface area contributed by atoms with Gasteiger partial charge in [-0.1, -0.05) is 0 Å². The van der Waals surface area contributed by atoms with E-state index >= 15 is 0 Å². The van der Waals surface area contributed by atoms with Crippen molar-refractivity contribution in [1.29, 1.82) is 0 Å². The molecule has 1 saturated carbocycles. The van der Waals surface area contributed by atoms with Crippen molar-refractivity contribution < 1.29 is 9.53 Å². The number of rotatable bonds is 4. The van der Waals surface area contributed by atoms with E-state index in [-0.39, 0.29) is 24.0 Å². The van der Waals surface area contributed by atoms with Crippen LogP contribution < -0.4 is 15.8 Å². The average molecular weight is 276 g/mol. The molecule has 0 bridgehead atoms. The summed E-state index contributed by atoms with van der Waals surface area (Å²) < 4.78 is 5.69. The minimum atomic E-state index is 0.0527. The highest BCUT2D eigenvalue weighted by atomic mass is 16.5. The smallest absolute Gasteiger partial charge is 0.227 e. The second-order valence-corrected chi connectivity index (χ2v) is 5.91. The Kier molecular flexibility index (Phi) is 4.65. The lowest BCUT2D eigenvalue weighted by Gasteiger charge is -2.15. The molecular weight excluding hydrogens is 252 g/mol. The Morgan fingerprint density at radius 2 is 2.15 bits per heavy atom. The molecule has 0 aromatic heterocycles. The summed E-state index contributed by atoms with van der Waals surface area (Å²) in [6.07, 6.45) is 2.77. The maximum absolute atomic E-state index is 12.1. The fourth-order valence-electron chi connectivity index (χ4n) is 2.61. The third-order valence-electron chi connectivity index (χ3n) is 3.65. The number of hydrogen-bond acceptors (Lipinski definition) is 3. The molecule has 2 unspecified atom stereocenters. The predicted octanol–water partition coefficient (Wildman–Crippen LogP) is 2.85. The standard InChI is InChI=1S/C16H24N2O2/c1-10(2)20-15-7-6-14(8-11(15)3)18-16(19)12-4-5-13(17)9-12/h6-8,10,12-13H,4-5,9,17H2,1-3H3,(H,18,19). The molecule has 0 radical (unpaired) electrons. The van der Waals surface area contributed by atoms with Crippen molar-refractivity contribution in [2.75, 3.05) is 5.32 Å². The van der Waals surface area contributed by atoms with Gasteiger partial charge in [0.15, 0.2) is 0 Å². The van der Waals surface area contributed by atoms with Gasteiger partial charge in [0.05, 0.1) is 6.10 Å². The first-order chi connectivity index (χ1) is 9.45. The lowest BCUT2D eigenvalue weighted by Crippen LogP contribution is -2.23. The molecule has 3 N–H and O–H groups in total. The summed E-state index contributed by atoms with van der Waals surface area (Å²) in [7, 11) is 0. The Labute approximate surface area is 120 Å². The molecule has 1 amide bonds. The Balaban J connectivity index is 1.99. The summed E-state index contributed by atoms with van der Waals surface area (Å²) in [6, 6.07) is 5.92. The molecular formula is C16H24N2O2. The van der Waals surface area contributed by atoms with E-state index in [9.17, 15) is 4.79 Å². The first-order valence-corrected chi connectivity index (χ1v) is 7.29. The molecule has 2 rings (SSSR count). The fraction of sp³-hybridized carbons (Fsp3) is 0.562. The van der Waals surface area contributed by atoms with Gasteiger partial charge in [-0.15, -0.1) is 0 Å². The van der Waals surface area contributed by atoms with E-state index in [0.717, 1.165) is 36.3 Å². The van der Waals surface area contributed by atoms with Crippen molar-refractivity contribution >= 4 is 11.6 Å². The van der Waals surface area contributed by atoms with Gasteiger partial charge in [0.2, 0.25) is 5.91 Å². The fourth-order valence-corrected chi connectivity index (χ4v) is 2.61. The van der Waals surface area contributed by atoms with Crippen LogP contribution in [0.4, 0.5) is 5.69 Å². The lowest BCUT2D eigenvalue weighted by molar-refractivity contribution is -0.119. The Hall–Kier alpha value is -1.55. The summed E-state index contributed by atoms with van der Waals surface area (Å²) in [5.74, 6) is 0.993. The molecule has 1 aliphatic rings. The minimum absolute atomic E-state index is 0.0527. The molecule has 4 nitrogen and oxygen atoms in total. The van der Waals surface area contributed by atoms with Crippen LogP contribution >= 0.6 is 0 Å². The average Bonchev–Trinajstić information content (AvgIpc) is 2.79. The van der Waals surface area contributed by atoms with Gasteiger partial charge < -0.3 is 15.8 Å². The number of hydrogen-bond donors (Lipinski definition) is 2. The van der Waals surface area contributed by atoms with Crippen LogP contribution in [0.2, 0.25) is 0 Å². The summed E-state index contributed by atoms with van der Waals surface area (Å²) >= 11 is 0. The van der Waals surface area contributed by atoms with Crippen molar-refractivity contribution in [3.05, 3.63) is 23.8 Å². The number of carbonyl (C=O) groups excluding carboxylic acids is 1. The molecule has 1 aromatic rings. The number of benzene rings is 1. The van der Waals surface area contributed by atoms with Crippen LogP contribution in [0.5, 0.6) is 5.75 Å². The summed E-state index contributed by atoms with van der Waals surface area (Å²) in [5, 5.41) is 2.98. The van der Waals surface area contributed by atoms with Crippen LogP contribution in [-0.2, 0) is 4.79 Å². The van der Waals surface area contributed by atoms with Crippen molar-refractivity contribution in [1.82, 2.24) is 0 Å². The SMILES string of the molecule is Cc1cc(NC(=O)C2CCC(N)C2)ccc1OC(C)C. The minimum Gasteiger partial charge on any atom is -0.491 e. The molecule has 0 saturated heterocycles. The highest BCUT2D eigenvalue weighted by molar-refractivity contribution is 5.92. The monoisotopic (exact) mass is 276 g/mol. The lowest BCUT2D eigenvalue weighted by atomic mass is 10.1. The van der Waals surface area contributed by atoms with Gasteiger partial charge in [0.1, 0.15) is 5.75 Å². The van der Waals surface area contributed by atoms with Crippen LogP contribution in [0.15, 0.2) is 18.2 Å². The van der Waals surface area contributed by atoms with Crippen LogP contribution in [0.1, 0.15) is 38.7 Å².